The first-order valence-electron chi connectivity index (χ1n) is 35.4. The van der Waals surface area contributed by atoms with E-state index in [1.54, 1.807) is 45.2 Å². The number of urea groups is 1. The molecular weight excluding hydrogens is 1270 g/mol. The second-order valence-corrected chi connectivity index (χ2v) is 28.7. The molecule has 0 radical (unpaired) electrons. The summed E-state index contributed by atoms with van der Waals surface area (Å²) >= 11 is 0. The number of unbranched alkanes of at least 4 members (excludes halogenated alkanes) is 2. The van der Waals surface area contributed by atoms with Crippen molar-refractivity contribution >= 4 is 53.2 Å². The number of anilines is 1. The average molecular weight is 1380 g/mol. The number of methoxy groups -OCH3 is 1. The first-order chi connectivity index (χ1) is 46.9. The third-order valence-electron chi connectivity index (χ3n) is 20.9. The minimum atomic E-state index is -1.17. The molecule has 1 aromatic rings. The molecule has 12 unspecified atom stereocenters. The number of alkyl carbamates (subject to hydrolysis) is 1. The highest BCUT2D eigenvalue weighted by molar-refractivity contribution is 5.98. The molecule has 9 heterocycles. The molecule has 28 nitrogen and oxygen atoms in total. The number of primary amides is 1. The van der Waals surface area contributed by atoms with Crippen molar-refractivity contribution in [1.82, 2.24) is 26.3 Å². The Balaban J connectivity index is 0.709. The van der Waals surface area contributed by atoms with Gasteiger partial charge in [0.15, 0.2) is 12.0 Å². The van der Waals surface area contributed by atoms with Crippen molar-refractivity contribution in [2.45, 2.75) is 291 Å². The van der Waals surface area contributed by atoms with Crippen LogP contribution in [0.2, 0.25) is 0 Å². The molecule has 10 rings (SSSR count). The fraction of sp³-hybridized carbons (Fsp3) is 0.743. The van der Waals surface area contributed by atoms with Crippen molar-refractivity contribution in [2.75, 3.05) is 25.5 Å². The van der Waals surface area contributed by atoms with Crippen LogP contribution in [0, 0.1) is 17.8 Å². The predicted octanol–water partition coefficient (Wildman–Crippen LogP) is 4.75. The van der Waals surface area contributed by atoms with Crippen LogP contribution in [-0.2, 0) is 82.8 Å². The molecule has 9 aliphatic heterocycles. The van der Waals surface area contributed by atoms with Gasteiger partial charge in [-0.15, -0.1) is 5.06 Å². The summed E-state index contributed by atoms with van der Waals surface area (Å²) in [6, 6.07) is 3.56. The highest BCUT2D eigenvalue weighted by Gasteiger charge is 2.60. The molecule has 21 atom stereocenters. The summed E-state index contributed by atoms with van der Waals surface area (Å²) in [6.45, 7) is 14.3. The van der Waals surface area contributed by atoms with E-state index in [4.69, 9.17) is 53.2 Å². The molecule has 1 aromatic carbocycles. The zero-order valence-electron chi connectivity index (χ0n) is 56.9. The Kier molecular flexibility index (Phi) is 25.8. The number of Topliss-reactive ketones (excluding diaryl/α,β-unsaturated/α-hetero) is 1. The van der Waals surface area contributed by atoms with Crippen molar-refractivity contribution in [1.29, 1.82) is 0 Å². The van der Waals surface area contributed by atoms with Gasteiger partial charge in [0.1, 0.15) is 36.7 Å². The van der Waals surface area contributed by atoms with Gasteiger partial charge in [-0.3, -0.25) is 24.0 Å². The quantitative estimate of drug-likeness (QED) is 0.0498. The third kappa shape index (κ3) is 19.5. The fourth-order valence-electron chi connectivity index (χ4n) is 15.6. The second-order valence-electron chi connectivity index (χ2n) is 28.7. The van der Waals surface area contributed by atoms with Crippen LogP contribution >= 0.6 is 0 Å². The largest absolute Gasteiger partial charge is 0.445 e. The Morgan fingerprint density at radius 2 is 1.52 bits per heavy atom. The normalized spacial score (nSPS) is 34.1. The summed E-state index contributed by atoms with van der Waals surface area (Å²) in [4.78, 5) is 109. The molecule has 98 heavy (non-hydrogen) atoms. The number of carbonyl (C=O) groups is 8. The highest BCUT2D eigenvalue weighted by atomic mass is 16.7. The number of nitrogens with zero attached hydrogens (tertiary/aromatic N) is 1. The Bertz CT molecular complexity index is 2990. The van der Waals surface area contributed by atoms with Crippen LogP contribution in [-0.4, -0.2) is 204 Å². The van der Waals surface area contributed by atoms with Crippen molar-refractivity contribution in [3.8, 4) is 0 Å². The zero-order chi connectivity index (χ0) is 69.9. The maximum absolute atomic E-state index is 14.5. The molecule has 9 fully saturated rings. The molecule has 9 aliphatic rings. The lowest BCUT2D eigenvalue weighted by Crippen LogP contribution is -2.58. The minimum Gasteiger partial charge on any atom is -0.445 e. The van der Waals surface area contributed by atoms with E-state index in [9.17, 15) is 53.7 Å². The number of aliphatic hydroxyl groups excluding tert-OH is 3. The van der Waals surface area contributed by atoms with E-state index in [-0.39, 0.29) is 138 Å². The fourth-order valence-corrected chi connectivity index (χ4v) is 15.6. The van der Waals surface area contributed by atoms with E-state index in [0.717, 1.165) is 30.4 Å². The van der Waals surface area contributed by atoms with Gasteiger partial charge in [-0.25, -0.2) is 14.4 Å². The maximum atomic E-state index is 14.5. The zero-order valence-corrected chi connectivity index (χ0v) is 56.9. The Morgan fingerprint density at radius 1 is 0.765 bits per heavy atom. The number of rotatable bonds is 24. The maximum Gasteiger partial charge on any atom is 0.407 e. The van der Waals surface area contributed by atoms with E-state index < -0.39 is 121 Å². The van der Waals surface area contributed by atoms with E-state index >= 15 is 0 Å². The summed E-state index contributed by atoms with van der Waals surface area (Å²) in [6.07, 6.45) is 0.0759. The molecule has 7 amide bonds. The van der Waals surface area contributed by atoms with Crippen LogP contribution in [0.1, 0.15) is 174 Å². The number of hydrogen-bond donors (Lipinski definition) is 9. The Morgan fingerprint density at radius 3 is 2.27 bits per heavy atom. The number of nitrogens with one attached hydrogen (secondary N) is 5. The number of hydrogen-bond acceptors (Lipinski definition) is 21. The summed E-state index contributed by atoms with van der Waals surface area (Å²) < 4.78 is 59.1. The molecular formula is C70H103N7O21. The molecule has 28 heteroatoms. The molecule has 9 saturated heterocycles. The van der Waals surface area contributed by atoms with E-state index in [1.165, 1.54) is 0 Å². The summed E-state index contributed by atoms with van der Waals surface area (Å²) in [7, 11) is 1.57. The number of ether oxygens (including phenoxy) is 9. The number of fused-ring (bicyclic) bond motifs is 9. The lowest BCUT2D eigenvalue weighted by Gasteiger charge is -2.47. The molecule has 0 aliphatic carbocycles. The summed E-state index contributed by atoms with van der Waals surface area (Å²) in [5.41, 5.74) is 8.15. The number of benzene rings is 1. The monoisotopic (exact) mass is 1380 g/mol. The number of aliphatic hydroxyl groups is 3. The lowest BCUT2D eigenvalue weighted by atomic mass is 9.81. The lowest BCUT2D eigenvalue weighted by molar-refractivity contribution is -0.277. The first kappa shape index (κ1) is 74.5. The second kappa shape index (κ2) is 34.0. The molecule has 0 aromatic heterocycles. The smallest absolute Gasteiger partial charge is 0.407 e. The topological polar surface area (TPSA) is 379 Å². The van der Waals surface area contributed by atoms with Crippen LogP contribution < -0.4 is 32.3 Å². The average Bonchev–Trinajstić information content (AvgIpc) is 1.59. The van der Waals surface area contributed by atoms with Crippen LogP contribution in [0.25, 0.3) is 0 Å². The van der Waals surface area contributed by atoms with Gasteiger partial charge < -0.3 is 95.1 Å². The summed E-state index contributed by atoms with van der Waals surface area (Å²) in [5.74, 6) is -4.50. The number of carbonyl (C=O) groups excluding carboxylic acids is 8. The van der Waals surface area contributed by atoms with E-state index in [2.05, 4.69) is 46.7 Å². The van der Waals surface area contributed by atoms with E-state index in [0.29, 0.717) is 86.9 Å². The van der Waals surface area contributed by atoms with Gasteiger partial charge in [0.05, 0.1) is 79.4 Å². The van der Waals surface area contributed by atoms with Gasteiger partial charge >= 0.3 is 18.1 Å². The van der Waals surface area contributed by atoms with Gasteiger partial charge in [-0.05, 0) is 111 Å². The van der Waals surface area contributed by atoms with Crippen molar-refractivity contribution in [2.24, 2.45) is 23.5 Å². The third-order valence-corrected chi connectivity index (χ3v) is 20.9. The number of ketones is 1. The SMILES string of the molecule is C=C1CC2CC[C@]34C[C@@H](O)C(O3)[C@H]3CC(O4)[C@H]4OC(CCC4O3)CC(=O)CC3[C@H](CC4OC(CCC1O2)C[C@@H](C)C4=C)O[C@H](CC(O)CNC(=O)OCc1ccc(NC(=O)C(CCCNC(N)=O)NC(=O)[C@@H](NC(=O)CCCCCC(=O)ON2C(=O)CCC2O)C(C)C)cc1)[C@@H]3OC. The van der Waals surface area contributed by atoms with Gasteiger partial charge in [-0.1, -0.05) is 52.5 Å². The molecule has 544 valence electrons. The highest BCUT2D eigenvalue weighted by Crippen LogP contribution is 2.49. The number of nitrogens with two attached hydrogens (primary N) is 1. The van der Waals surface area contributed by atoms with Gasteiger partial charge in [0.25, 0.3) is 5.91 Å². The molecule has 0 saturated carbocycles. The number of hydroxylamine groups is 2. The molecule has 10 N–H and O–H groups in total. The van der Waals surface area contributed by atoms with Crippen LogP contribution in [0.5, 0.6) is 0 Å². The van der Waals surface area contributed by atoms with Crippen LogP contribution in [0.4, 0.5) is 15.3 Å². The minimum absolute atomic E-state index is 0.0202. The summed E-state index contributed by atoms with van der Waals surface area (Å²) in [5, 5.41) is 46.8. The number of amides is 7. The van der Waals surface area contributed by atoms with Crippen molar-refractivity contribution < 1.29 is 101 Å². The van der Waals surface area contributed by atoms with Crippen molar-refractivity contribution in [3.05, 3.63) is 54.1 Å². The molecule has 1 spiro atoms. The van der Waals surface area contributed by atoms with Crippen LogP contribution in [0.3, 0.4) is 0 Å². The van der Waals surface area contributed by atoms with Gasteiger partial charge in [0.2, 0.25) is 17.7 Å². The standard InChI is InChI=1S/C70H103N7O21/c1-37(2)62(76-58(81)12-8-7-9-13-61(84)98-77-59(82)22-23-60(77)83)67(86)75-49(11-10-26-72-68(71)87)66(85)74-42-16-14-41(15-17-42)36-90-69(88)73-35-44(79)31-55-63(89-6)48-30-43(78)29-46-19-21-52-65(93-46)57-33-56(94-52)64-50(80)34-70(96-57,97-64)25-24-47-28-39(4)51(91-47)20-18-45-27-38(3)40(5)53(92-45)32-54(48)95-55/h14-17,37-38,44-57,59,62-65,79-80,82H,4-5,7-13,18-36H2,1-3,6H3,(H,73,88)(H,74,85)(H,75,86)(H,76,81)(H3,71,72,87)/t38-,44?,45?,46?,47?,48?,49?,50-,51?,52?,53?,54+,55-,56-,57?,59?,62+,63-,64?,65+,70-/m1/s1. The Labute approximate surface area is 572 Å². The van der Waals surface area contributed by atoms with Gasteiger partial charge in [0, 0.05) is 102 Å². The predicted molar refractivity (Wildman–Crippen MR) is 349 cm³/mol. The first-order valence-corrected chi connectivity index (χ1v) is 35.4. The van der Waals surface area contributed by atoms with E-state index in [1.807, 2.05) is 0 Å². The molecule has 10 bridgehead atoms. The Hall–Kier alpha value is -6.18. The van der Waals surface area contributed by atoms with Gasteiger partial charge in [-0.2, -0.15) is 0 Å². The van der Waals surface area contributed by atoms with Crippen molar-refractivity contribution in [3.63, 3.8) is 0 Å². The van der Waals surface area contributed by atoms with Crippen LogP contribution in [0.15, 0.2) is 48.6 Å².